The van der Waals surface area contributed by atoms with Crippen LogP contribution in [0.5, 0.6) is 0 Å². The van der Waals surface area contributed by atoms with Crippen molar-refractivity contribution in [3.05, 3.63) is 52.9 Å². The molecule has 1 N–H and O–H groups in total. The van der Waals surface area contributed by atoms with Crippen LogP contribution in [0.25, 0.3) is 0 Å². The van der Waals surface area contributed by atoms with Crippen molar-refractivity contribution in [2.45, 2.75) is 58.8 Å². The van der Waals surface area contributed by atoms with E-state index >= 15 is 0 Å². The first-order chi connectivity index (χ1) is 16.9. The number of pyridine rings is 1. The molecule has 0 saturated carbocycles. The number of likely N-dealkylation sites (tertiary alicyclic amines) is 1. The number of rotatable bonds is 9. The Hall–Kier alpha value is -2.95. The second-order valence-electron chi connectivity index (χ2n) is 8.68. The Balaban J connectivity index is 2.23. The summed E-state index contributed by atoms with van der Waals surface area (Å²) < 4.78 is 67.4. The Labute approximate surface area is 208 Å². The van der Waals surface area contributed by atoms with Crippen LogP contribution >= 0.6 is 0 Å². The fraction of sp³-hybridized carbons (Fsp3) is 0.520. The van der Waals surface area contributed by atoms with E-state index in [4.69, 9.17) is 0 Å². The second kappa shape index (κ2) is 12.8. The molecular formula is C25H32F5N5O. The lowest BCUT2D eigenvalue weighted by Gasteiger charge is -2.43. The molecule has 2 heterocycles. The molecule has 1 fully saturated rings. The average Bonchev–Trinajstić information content (AvgIpc) is 2.78. The topological polar surface area (TPSA) is 70.0 Å². The highest BCUT2D eigenvalue weighted by molar-refractivity contribution is 5.94. The highest BCUT2D eigenvalue weighted by Crippen LogP contribution is 2.35. The molecular weight excluding hydrogens is 481 g/mol. The summed E-state index contributed by atoms with van der Waals surface area (Å²) in [5.74, 6) is -4.29. The van der Waals surface area contributed by atoms with Crippen LogP contribution < -0.4 is 5.32 Å². The smallest absolute Gasteiger partial charge is 0.327 e. The van der Waals surface area contributed by atoms with Crippen molar-refractivity contribution in [1.29, 1.82) is 0 Å². The summed E-state index contributed by atoms with van der Waals surface area (Å²) in [7, 11) is 0. The van der Waals surface area contributed by atoms with Crippen LogP contribution in [-0.4, -0.2) is 66.1 Å². The van der Waals surface area contributed by atoms with Crippen LogP contribution in [0.4, 0.5) is 22.0 Å². The summed E-state index contributed by atoms with van der Waals surface area (Å²) in [4.78, 5) is 26.9. The fourth-order valence-electron chi connectivity index (χ4n) is 3.94. The quantitative estimate of drug-likeness (QED) is 0.282. The third kappa shape index (κ3) is 8.32. The molecule has 1 aliphatic rings. The van der Waals surface area contributed by atoms with Crippen LogP contribution in [-0.2, 0) is 6.54 Å². The molecule has 6 nitrogen and oxygen atoms in total. The molecule has 1 aromatic heterocycles. The zero-order chi connectivity index (χ0) is 26.9. The van der Waals surface area contributed by atoms with Crippen molar-refractivity contribution in [2.24, 2.45) is 15.9 Å². The first-order valence-electron chi connectivity index (χ1n) is 11.6. The van der Waals surface area contributed by atoms with Gasteiger partial charge in [0.1, 0.15) is 5.69 Å². The number of nitrogens with zero attached hydrogens (tertiary/aromatic N) is 4. The number of aliphatic imine (C=N–C) groups is 2. The molecule has 0 aromatic carbocycles. The summed E-state index contributed by atoms with van der Waals surface area (Å²) in [6, 6.07) is 2.80. The molecule has 0 bridgehead atoms. The number of carbonyl (C=O) groups is 1. The van der Waals surface area contributed by atoms with Crippen molar-refractivity contribution in [3.8, 4) is 0 Å². The number of alkyl halides is 5. The molecule has 2 unspecified atom stereocenters. The predicted octanol–water partition coefficient (Wildman–Crippen LogP) is 5.15. The number of aromatic nitrogens is 1. The molecule has 198 valence electrons. The monoisotopic (exact) mass is 513 g/mol. The van der Waals surface area contributed by atoms with E-state index < -0.39 is 48.5 Å². The van der Waals surface area contributed by atoms with Gasteiger partial charge in [0.25, 0.3) is 11.8 Å². The fourth-order valence-corrected chi connectivity index (χ4v) is 3.94. The van der Waals surface area contributed by atoms with Crippen LogP contribution in [0.2, 0.25) is 0 Å². The maximum atomic E-state index is 14.5. The number of aryl methyl sites for hydroxylation is 1. The van der Waals surface area contributed by atoms with Gasteiger partial charge in [0.15, 0.2) is 0 Å². The maximum absolute atomic E-state index is 14.5. The van der Waals surface area contributed by atoms with Gasteiger partial charge in [0, 0.05) is 42.7 Å². The SMILES string of the molecule is C/C=C\C=NCc1ccc(C)nc1C(=O)N1CC(F)(F)CC(C)C1CNCN=C/C(=C\C)C(F)(F)F. The zero-order valence-electron chi connectivity index (χ0n) is 20.8. The van der Waals surface area contributed by atoms with Gasteiger partial charge in [0.05, 0.1) is 25.3 Å². The van der Waals surface area contributed by atoms with Crippen LogP contribution in [0.15, 0.2) is 45.9 Å². The molecule has 0 aliphatic carbocycles. The second-order valence-corrected chi connectivity index (χ2v) is 8.68. The minimum atomic E-state index is -4.51. The van der Waals surface area contributed by atoms with Crippen LogP contribution in [0, 0.1) is 12.8 Å². The number of amides is 1. The highest BCUT2D eigenvalue weighted by Gasteiger charge is 2.46. The minimum Gasteiger partial charge on any atom is -0.327 e. The first kappa shape index (κ1) is 29.3. The number of halogens is 5. The Kier molecular flexibility index (Phi) is 10.4. The Morgan fingerprint density at radius 1 is 1.28 bits per heavy atom. The summed E-state index contributed by atoms with van der Waals surface area (Å²) in [5, 5.41) is 2.87. The zero-order valence-corrected chi connectivity index (χ0v) is 20.8. The van der Waals surface area contributed by atoms with Crippen molar-refractivity contribution in [3.63, 3.8) is 0 Å². The lowest BCUT2D eigenvalue weighted by Crippen LogP contribution is -2.58. The number of hydrogen-bond acceptors (Lipinski definition) is 5. The van der Waals surface area contributed by atoms with Gasteiger partial charge in [-0.15, -0.1) is 0 Å². The summed E-state index contributed by atoms with van der Waals surface area (Å²) >= 11 is 0. The Bertz CT molecular complexity index is 1020. The molecule has 2 atom stereocenters. The van der Waals surface area contributed by atoms with Gasteiger partial charge >= 0.3 is 6.18 Å². The molecule has 36 heavy (non-hydrogen) atoms. The summed E-state index contributed by atoms with van der Waals surface area (Å²) in [6.07, 6.45) is 1.80. The molecule has 0 radical (unpaired) electrons. The molecule has 11 heteroatoms. The van der Waals surface area contributed by atoms with E-state index in [1.807, 2.05) is 6.92 Å². The number of carbonyl (C=O) groups excluding carboxylic acids is 1. The Morgan fingerprint density at radius 3 is 2.64 bits per heavy atom. The van der Waals surface area contributed by atoms with Crippen molar-refractivity contribution in [2.75, 3.05) is 19.8 Å². The van der Waals surface area contributed by atoms with E-state index in [9.17, 15) is 26.7 Å². The molecule has 0 spiro atoms. The third-order valence-electron chi connectivity index (χ3n) is 5.73. The lowest BCUT2D eigenvalue weighted by molar-refractivity contribution is -0.0916. The minimum absolute atomic E-state index is 0.0588. The first-order valence-corrected chi connectivity index (χ1v) is 11.6. The van der Waals surface area contributed by atoms with E-state index in [0.29, 0.717) is 17.5 Å². The van der Waals surface area contributed by atoms with Gasteiger partial charge in [-0.25, -0.2) is 13.8 Å². The summed E-state index contributed by atoms with van der Waals surface area (Å²) in [5.41, 5.74) is 0.241. The maximum Gasteiger partial charge on any atom is 0.417 e. The molecule has 2 rings (SSSR count). The average molecular weight is 514 g/mol. The standard InChI is InChI=1S/C25H32F5N5O/c1-5-7-10-31-12-19-9-8-18(4)34-22(19)23(36)35-15-24(26,27)11-17(3)21(35)14-33-16-32-13-20(6-2)25(28,29)30/h5-10,13,17,21,33H,11-12,14-16H2,1-4H3/b7-5-,20-6+,31-10?,32-13?. The van der Waals surface area contributed by atoms with Gasteiger partial charge in [-0.05, 0) is 38.8 Å². The molecule has 1 saturated heterocycles. The van der Waals surface area contributed by atoms with Crippen LogP contribution in [0.3, 0.4) is 0 Å². The lowest BCUT2D eigenvalue weighted by atomic mass is 9.88. The largest absolute Gasteiger partial charge is 0.417 e. The number of hydrogen-bond donors (Lipinski definition) is 1. The van der Waals surface area contributed by atoms with Crippen molar-refractivity contribution < 1.29 is 26.7 Å². The summed E-state index contributed by atoms with van der Waals surface area (Å²) in [6.45, 7) is 5.71. The van der Waals surface area contributed by atoms with Gasteiger partial charge in [-0.1, -0.05) is 25.1 Å². The predicted molar refractivity (Wildman–Crippen MR) is 131 cm³/mol. The van der Waals surface area contributed by atoms with E-state index in [1.165, 1.54) is 6.92 Å². The molecule has 1 aromatic rings. The van der Waals surface area contributed by atoms with Crippen molar-refractivity contribution >= 4 is 18.3 Å². The Morgan fingerprint density at radius 2 is 2.00 bits per heavy atom. The van der Waals surface area contributed by atoms with E-state index in [2.05, 4.69) is 20.3 Å². The van der Waals surface area contributed by atoms with Gasteiger partial charge in [0.2, 0.25) is 0 Å². The van der Waals surface area contributed by atoms with E-state index in [0.717, 1.165) is 11.0 Å². The van der Waals surface area contributed by atoms with Gasteiger partial charge in [-0.3, -0.25) is 20.1 Å². The number of piperidine rings is 1. The number of nitrogens with one attached hydrogen (secondary N) is 1. The van der Waals surface area contributed by atoms with E-state index in [1.54, 1.807) is 44.3 Å². The highest BCUT2D eigenvalue weighted by atomic mass is 19.4. The number of allylic oxidation sites excluding steroid dienone is 4. The molecule has 1 amide bonds. The third-order valence-corrected chi connectivity index (χ3v) is 5.73. The van der Waals surface area contributed by atoms with Crippen LogP contribution in [0.1, 0.15) is 48.9 Å². The van der Waals surface area contributed by atoms with Crippen molar-refractivity contribution in [1.82, 2.24) is 15.2 Å². The van der Waals surface area contributed by atoms with Gasteiger partial charge < -0.3 is 4.90 Å². The normalized spacial score (nSPS) is 21.2. The van der Waals surface area contributed by atoms with Gasteiger partial charge in [-0.2, -0.15) is 13.2 Å². The molecule has 1 aliphatic heterocycles. The van der Waals surface area contributed by atoms with E-state index in [-0.39, 0.29) is 25.5 Å².